The number of rotatable bonds is 5. The van der Waals surface area contributed by atoms with Crippen molar-refractivity contribution >= 4 is 5.97 Å². The van der Waals surface area contributed by atoms with Crippen LogP contribution in [0.5, 0.6) is 0 Å². The normalized spacial score (nSPS) is 13.1. The summed E-state index contributed by atoms with van der Waals surface area (Å²) in [5.41, 5.74) is 0. The van der Waals surface area contributed by atoms with Crippen LogP contribution in [0.3, 0.4) is 0 Å². The van der Waals surface area contributed by atoms with Crippen LogP contribution in [-0.4, -0.2) is 24.3 Å². The van der Waals surface area contributed by atoms with Crippen molar-refractivity contribution in [3.05, 3.63) is 19.6 Å². The Morgan fingerprint density at radius 1 is 1.38 bits per heavy atom. The molecule has 0 aliphatic heterocycles. The lowest BCUT2D eigenvalue weighted by molar-refractivity contribution is -0.158. The summed E-state index contributed by atoms with van der Waals surface area (Å²) in [7, 11) is 0. The highest BCUT2D eigenvalue weighted by molar-refractivity contribution is 5.76. The standard InChI is InChI=1S/C10H17O3/c1-6-9(12-7(2)3)10(11)13-8(4)5/h6-9H,1,4H2,2-3,5H3. The molecule has 3 nitrogen and oxygen atoms in total. The third-order valence-corrected chi connectivity index (χ3v) is 1.18. The average molecular weight is 185 g/mol. The lowest BCUT2D eigenvalue weighted by Gasteiger charge is -2.17. The minimum absolute atomic E-state index is 0.0318. The first-order chi connectivity index (χ1) is 5.97. The second kappa shape index (κ2) is 5.75. The quantitative estimate of drug-likeness (QED) is 0.483. The molecule has 0 N–H and O–H groups in total. The summed E-state index contributed by atoms with van der Waals surface area (Å²) >= 11 is 0. The fourth-order valence-corrected chi connectivity index (χ4v) is 0.766. The zero-order chi connectivity index (χ0) is 10.4. The van der Waals surface area contributed by atoms with Crippen molar-refractivity contribution in [1.82, 2.24) is 0 Å². The van der Waals surface area contributed by atoms with Crippen molar-refractivity contribution in [2.75, 3.05) is 0 Å². The summed E-state index contributed by atoms with van der Waals surface area (Å²) in [6, 6.07) is 0. The van der Waals surface area contributed by atoms with Gasteiger partial charge < -0.3 is 9.47 Å². The summed E-state index contributed by atoms with van der Waals surface area (Å²) in [5.74, 6) is -0.439. The van der Waals surface area contributed by atoms with Crippen LogP contribution in [0.15, 0.2) is 12.7 Å². The molecular formula is C10H17O3. The molecule has 2 unspecified atom stereocenters. The Morgan fingerprint density at radius 3 is 2.23 bits per heavy atom. The molecule has 0 rings (SSSR count). The van der Waals surface area contributed by atoms with Crippen LogP contribution < -0.4 is 0 Å². The number of carbonyl (C=O) groups is 1. The number of hydrogen-bond acceptors (Lipinski definition) is 3. The maximum Gasteiger partial charge on any atom is 0.339 e. The Morgan fingerprint density at radius 2 is 1.92 bits per heavy atom. The SMILES string of the molecule is [CH2]C(C)OC(=O)C(C=C)OC(C)C. The smallest absolute Gasteiger partial charge is 0.339 e. The second-order valence-corrected chi connectivity index (χ2v) is 3.09. The molecule has 0 aromatic heterocycles. The van der Waals surface area contributed by atoms with E-state index in [0.29, 0.717) is 0 Å². The van der Waals surface area contributed by atoms with Crippen LogP contribution in [0, 0.1) is 6.92 Å². The van der Waals surface area contributed by atoms with E-state index in [4.69, 9.17) is 9.47 Å². The van der Waals surface area contributed by atoms with Gasteiger partial charge in [-0.1, -0.05) is 12.7 Å². The minimum Gasteiger partial charge on any atom is -0.461 e. The maximum absolute atomic E-state index is 11.3. The van der Waals surface area contributed by atoms with E-state index in [1.807, 2.05) is 13.8 Å². The van der Waals surface area contributed by atoms with Crippen LogP contribution in [-0.2, 0) is 14.3 Å². The number of esters is 1. The topological polar surface area (TPSA) is 35.5 Å². The van der Waals surface area contributed by atoms with Gasteiger partial charge in [-0.25, -0.2) is 4.79 Å². The minimum atomic E-state index is -0.691. The van der Waals surface area contributed by atoms with Crippen molar-refractivity contribution in [2.24, 2.45) is 0 Å². The van der Waals surface area contributed by atoms with E-state index >= 15 is 0 Å². The molecular weight excluding hydrogens is 168 g/mol. The molecule has 2 atom stereocenters. The molecule has 0 aromatic carbocycles. The molecule has 3 heteroatoms. The average Bonchev–Trinajstić information content (AvgIpc) is 1.98. The van der Waals surface area contributed by atoms with Crippen LogP contribution in [0.25, 0.3) is 0 Å². The first-order valence-corrected chi connectivity index (χ1v) is 4.29. The van der Waals surface area contributed by atoms with Gasteiger partial charge in [-0.2, -0.15) is 0 Å². The number of hydrogen-bond donors (Lipinski definition) is 0. The van der Waals surface area contributed by atoms with Crippen molar-refractivity contribution in [3.63, 3.8) is 0 Å². The Balaban J connectivity index is 4.07. The van der Waals surface area contributed by atoms with Crippen LogP contribution in [0.2, 0.25) is 0 Å². The predicted octanol–water partition coefficient (Wildman–Crippen LogP) is 1.73. The molecule has 0 saturated carbocycles. The molecule has 0 aliphatic rings. The van der Waals surface area contributed by atoms with Gasteiger partial charge in [0.2, 0.25) is 0 Å². The van der Waals surface area contributed by atoms with Gasteiger partial charge in [0.25, 0.3) is 0 Å². The number of carbonyl (C=O) groups excluding carboxylic acids is 1. The first-order valence-electron chi connectivity index (χ1n) is 4.29. The zero-order valence-electron chi connectivity index (χ0n) is 8.45. The summed E-state index contributed by atoms with van der Waals surface area (Å²) < 4.78 is 10.1. The highest BCUT2D eigenvalue weighted by Gasteiger charge is 2.19. The first kappa shape index (κ1) is 12.2. The molecule has 0 spiro atoms. The van der Waals surface area contributed by atoms with E-state index in [1.54, 1.807) is 6.92 Å². The van der Waals surface area contributed by atoms with Gasteiger partial charge in [0.1, 0.15) is 0 Å². The molecule has 13 heavy (non-hydrogen) atoms. The molecule has 0 aliphatic carbocycles. The highest BCUT2D eigenvalue weighted by Crippen LogP contribution is 2.03. The molecule has 1 radical (unpaired) electrons. The van der Waals surface area contributed by atoms with Crippen LogP contribution in [0.4, 0.5) is 0 Å². The summed E-state index contributed by atoms with van der Waals surface area (Å²) in [4.78, 5) is 11.3. The Hall–Kier alpha value is -0.830. The van der Waals surface area contributed by atoms with Gasteiger partial charge in [-0.15, -0.1) is 0 Å². The predicted molar refractivity (Wildman–Crippen MR) is 51.1 cm³/mol. The Labute approximate surface area is 79.7 Å². The highest BCUT2D eigenvalue weighted by atomic mass is 16.6. The third kappa shape index (κ3) is 5.42. The van der Waals surface area contributed by atoms with E-state index in [1.165, 1.54) is 6.08 Å². The van der Waals surface area contributed by atoms with Gasteiger partial charge in [-0.3, -0.25) is 0 Å². The van der Waals surface area contributed by atoms with Crippen molar-refractivity contribution in [1.29, 1.82) is 0 Å². The summed E-state index contributed by atoms with van der Waals surface area (Å²) in [6.45, 7) is 12.4. The Kier molecular flexibility index (Phi) is 5.39. The van der Waals surface area contributed by atoms with Gasteiger partial charge in [0.05, 0.1) is 12.2 Å². The van der Waals surface area contributed by atoms with Gasteiger partial charge in [0, 0.05) is 0 Å². The second-order valence-electron chi connectivity index (χ2n) is 3.09. The lowest BCUT2D eigenvalue weighted by Crippen LogP contribution is -2.29. The van der Waals surface area contributed by atoms with Crippen LogP contribution >= 0.6 is 0 Å². The zero-order valence-corrected chi connectivity index (χ0v) is 8.45. The number of ether oxygens (including phenoxy) is 2. The van der Waals surface area contributed by atoms with Crippen molar-refractivity contribution in [3.8, 4) is 0 Å². The van der Waals surface area contributed by atoms with E-state index in [-0.39, 0.29) is 12.2 Å². The van der Waals surface area contributed by atoms with E-state index in [9.17, 15) is 4.79 Å². The van der Waals surface area contributed by atoms with Crippen molar-refractivity contribution < 1.29 is 14.3 Å². The van der Waals surface area contributed by atoms with Gasteiger partial charge in [0.15, 0.2) is 6.10 Å². The van der Waals surface area contributed by atoms with Crippen LogP contribution in [0.1, 0.15) is 20.8 Å². The van der Waals surface area contributed by atoms with E-state index < -0.39 is 12.1 Å². The van der Waals surface area contributed by atoms with E-state index in [2.05, 4.69) is 13.5 Å². The molecule has 0 aromatic rings. The molecule has 0 amide bonds. The molecule has 0 bridgehead atoms. The van der Waals surface area contributed by atoms with Crippen molar-refractivity contribution in [2.45, 2.75) is 39.1 Å². The Bertz CT molecular complexity index is 173. The largest absolute Gasteiger partial charge is 0.461 e. The monoisotopic (exact) mass is 185 g/mol. The molecule has 0 fully saturated rings. The van der Waals surface area contributed by atoms with E-state index in [0.717, 1.165) is 0 Å². The summed E-state index contributed by atoms with van der Waals surface area (Å²) in [6.07, 6.45) is 0.329. The van der Waals surface area contributed by atoms with Gasteiger partial charge >= 0.3 is 5.97 Å². The molecule has 0 saturated heterocycles. The molecule has 75 valence electrons. The van der Waals surface area contributed by atoms with Gasteiger partial charge in [-0.05, 0) is 27.7 Å². The molecule has 0 heterocycles. The maximum atomic E-state index is 11.3. The fraction of sp³-hybridized carbons (Fsp3) is 0.600. The fourth-order valence-electron chi connectivity index (χ4n) is 0.766. The lowest BCUT2D eigenvalue weighted by atomic mass is 10.3. The third-order valence-electron chi connectivity index (χ3n) is 1.18. The summed E-state index contributed by atoms with van der Waals surface area (Å²) in [5, 5.41) is 0.